The molecule has 1 aromatic carbocycles. The molecular weight excluding hydrogens is 243 g/mol. The van der Waals surface area contributed by atoms with Crippen molar-refractivity contribution in [1.82, 2.24) is 9.80 Å². The van der Waals surface area contributed by atoms with Crippen molar-refractivity contribution in [1.29, 1.82) is 0 Å². The van der Waals surface area contributed by atoms with Gasteiger partial charge in [-0.05, 0) is 37.6 Å². The molecule has 1 aliphatic heterocycles. The number of carbonyl (C=O) groups is 1. The van der Waals surface area contributed by atoms with Gasteiger partial charge in [0.05, 0.1) is 6.04 Å². The highest BCUT2D eigenvalue weighted by Crippen LogP contribution is 2.33. The molecule has 0 aromatic heterocycles. The van der Waals surface area contributed by atoms with Crippen LogP contribution < -0.4 is 0 Å². The molecule has 1 saturated heterocycles. The van der Waals surface area contributed by atoms with E-state index in [-0.39, 0.29) is 17.8 Å². The first-order valence-corrected chi connectivity index (χ1v) is 6.89. The van der Waals surface area contributed by atoms with Gasteiger partial charge in [0.25, 0.3) is 0 Å². The Kier molecular flexibility index (Phi) is 3.27. The number of likely N-dealkylation sites (N-methyl/N-ethyl adjacent to an activating group) is 1. The molecule has 1 heterocycles. The maximum atomic E-state index is 13.0. The predicted octanol–water partition coefficient (Wildman–Crippen LogP) is 2.05. The second-order valence-corrected chi connectivity index (χ2v) is 5.61. The first-order valence-electron chi connectivity index (χ1n) is 6.89. The lowest BCUT2D eigenvalue weighted by molar-refractivity contribution is -0.135. The van der Waals surface area contributed by atoms with E-state index in [2.05, 4.69) is 11.9 Å². The van der Waals surface area contributed by atoms with Gasteiger partial charge in [0.2, 0.25) is 5.91 Å². The molecule has 1 aromatic rings. The van der Waals surface area contributed by atoms with Gasteiger partial charge in [-0.15, -0.1) is 0 Å². The van der Waals surface area contributed by atoms with E-state index < -0.39 is 0 Å². The largest absolute Gasteiger partial charge is 0.339 e. The molecule has 2 fully saturated rings. The molecule has 1 amide bonds. The standard InChI is InChI=1S/C15H19FN2O/c1-17-8-9-18(15(19)12-2-3-12)10-14(17)11-4-6-13(16)7-5-11/h4-7,12,14H,2-3,8-10H2,1H3. The van der Waals surface area contributed by atoms with Crippen LogP contribution in [0.1, 0.15) is 24.4 Å². The van der Waals surface area contributed by atoms with Gasteiger partial charge in [-0.1, -0.05) is 12.1 Å². The zero-order valence-corrected chi connectivity index (χ0v) is 11.2. The molecule has 2 aliphatic rings. The van der Waals surface area contributed by atoms with Gasteiger partial charge in [0, 0.05) is 25.6 Å². The number of rotatable bonds is 2. The Balaban J connectivity index is 1.75. The Bertz CT molecular complexity index is 470. The maximum absolute atomic E-state index is 13.0. The third-order valence-corrected chi connectivity index (χ3v) is 4.14. The monoisotopic (exact) mass is 262 g/mol. The molecule has 0 N–H and O–H groups in total. The lowest BCUT2D eigenvalue weighted by Gasteiger charge is -2.39. The molecule has 0 radical (unpaired) electrons. The smallest absolute Gasteiger partial charge is 0.225 e. The summed E-state index contributed by atoms with van der Waals surface area (Å²) in [5.41, 5.74) is 1.08. The van der Waals surface area contributed by atoms with E-state index in [1.165, 1.54) is 12.1 Å². The van der Waals surface area contributed by atoms with Crippen LogP contribution in [0.25, 0.3) is 0 Å². The highest BCUT2D eigenvalue weighted by molar-refractivity contribution is 5.81. The molecule has 19 heavy (non-hydrogen) atoms. The second kappa shape index (κ2) is 4.93. The molecule has 0 spiro atoms. The van der Waals surface area contributed by atoms with Crippen LogP contribution >= 0.6 is 0 Å². The molecule has 102 valence electrons. The van der Waals surface area contributed by atoms with Crippen molar-refractivity contribution in [3.63, 3.8) is 0 Å². The van der Waals surface area contributed by atoms with Crippen molar-refractivity contribution < 1.29 is 9.18 Å². The molecule has 1 atom stereocenters. The van der Waals surface area contributed by atoms with Gasteiger partial charge in [0.1, 0.15) is 5.82 Å². The lowest BCUT2D eigenvalue weighted by atomic mass is 10.0. The summed E-state index contributed by atoms with van der Waals surface area (Å²) in [5.74, 6) is 0.366. The first kappa shape index (κ1) is 12.6. The fourth-order valence-corrected chi connectivity index (χ4v) is 2.71. The van der Waals surface area contributed by atoms with Gasteiger partial charge in [-0.25, -0.2) is 4.39 Å². The van der Waals surface area contributed by atoms with Crippen LogP contribution in [0, 0.1) is 11.7 Å². The van der Waals surface area contributed by atoms with Crippen molar-refractivity contribution in [2.45, 2.75) is 18.9 Å². The lowest BCUT2D eigenvalue weighted by Crippen LogP contribution is -2.49. The third-order valence-electron chi connectivity index (χ3n) is 4.14. The highest BCUT2D eigenvalue weighted by Gasteiger charge is 2.36. The van der Waals surface area contributed by atoms with Gasteiger partial charge < -0.3 is 4.90 Å². The van der Waals surface area contributed by atoms with Gasteiger partial charge >= 0.3 is 0 Å². The number of halogens is 1. The number of piperazine rings is 1. The molecule has 3 nitrogen and oxygen atoms in total. The number of carbonyl (C=O) groups excluding carboxylic acids is 1. The van der Waals surface area contributed by atoms with E-state index in [4.69, 9.17) is 0 Å². The van der Waals surface area contributed by atoms with E-state index in [9.17, 15) is 9.18 Å². The van der Waals surface area contributed by atoms with Crippen molar-refractivity contribution in [2.24, 2.45) is 5.92 Å². The normalized spacial score (nSPS) is 24.5. The molecule has 1 aliphatic carbocycles. The van der Waals surface area contributed by atoms with Crippen LogP contribution in [0.5, 0.6) is 0 Å². The van der Waals surface area contributed by atoms with Crippen molar-refractivity contribution >= 4 is 5.91 Å². The van der Waals surface area contributed by atoms with E-state index in [1.54, 1.807) is 0 Å². The zero-order chi connectivity index (χ0) is 13.4. The molecule has 3 rings (SSSR count). The average molecular weight is 262 g/mol. The third kappa shape index (κ3) is 2.63. The van der Waals surface area contributed by atoms with Crippen LogP contribution in [0.15, 0.2) is 24.3 Å². The summed E-state index contributed by atoms with van der Waals surface area (Å²) in [6.45, 7) is 2.40. The quantitative estimate of drug-likeness (QED) is 0.814. The van der Waals surface area contributed by atoms with Gasteiger partial charge in [-0.3, -0.25) is 9.69 Å². The average Bonchev–Trinajstić information content (AvgIpc) is 3.24. The Morgan fingerprint density at radius 3 is 2.53 bits per heavy atom. The molecular formula is C15H19FN2O. The minimum Gasteiger partial charge on any atom is -0.339 e. The summed E-state index contributed by atoms with van der Waals surface area (Å²) in [6.07, 6.45) is 2.10. The first-order chi connectivity index (χ1) is 9.15. The molecule has 0 bridgehead atoms. The number of amides is 1. The minimum atomic E-state index is -0.215. The van der Waals surface area contributed by atoms with Crippen LogP contribution in [-0.2, 0) is 4.79 Å². The SMILES string of the molecule is CN1CCN(C(=O)C2CC2)CC1c1ccc(F)cc1. The minimum absolute atomic E-state index is 0.178. The van der Waals surface area contributed by atoms with Crippen LogP contribution in [0.2, 0.25) is 0 Å². The summed E-state index contributed by atoms with van der Waals surface area (Å²) in [5, 5.41) is 0. The number of hydrogen-bond donors (Lipinski definition) is 0. The summed E-state index contributed by atoms with van der Waals surface area (Å²) in [4.78, 5) is 16.4. The van der Waals surface area contributed by atoms with Crippen molar-refractivity contribution in [3.05, 3.63) is 35.6 Å². The number of nitrogens with zero attached hydrogens (tertiary/aromatic N) is 2. The van der Waals surface area contributed by atoms with Crippen LogP contribution in [-0.4, -0.2) is 42.4 Å². The summed E-state index contributed by atoms with van der Waals surface area (Å²) in [6, 6.07) is 6.80. The topological polar surface area (TPSA) is 23.6 Å². The van der Waals surface area contributed by atoms with E-state index >= 15 is 0 Å². The van der Waals surface area contributed by atoms with Gasteiger partial charge in [-0.2, -0.15) is 0 Å². The van der Waals surface area contributed by atoms with E-state index in [1.807, 2.05) is 17.0 Å². The van der Waals surface area contributed by atoms with E-state index in [0.717, 1.165) is 38.0 Å². The van der Waals surface area contributed by atoms with Crippen molar-refractivity contribution in [2.75, 3.05) is 26.7 Å². The fourth-order valence-electron chi connectivity index (χ4n) is 2.71. The second-order valence-electron chi connectivity index (χ2n) is 5.61. The Hall–Kier alpha value is -1.42. The van der Waals surface area contributed by atoms with Gasteiger partial charge in [0.15, 0.2) is 0 Å². The number of benzene rings is 1. The van der Waals surface area contributed by atoms with E-state index in [0.29, 0.717) is 5.91 Å². The summed E-state index contributed by atoms with van der Waals surface area (Å²) in [7, 11) is 2.06. The summed E-state index contributed by atoms with van der Waals surface area (Å²) < 4.78 is 13.0. The Morgan fingerprint density at radius 2 is 1.89 bits per heavy atom. The number of hydrogen-bond acceptors (Lipinski definition) is 2. The predicted molar refractivity (Wildman–Crippen MR) is 71.1 cm³/mol. The highest BCUT2D eigenvalue weighted by atomic mass is 19.1. The molecule has 4 heteroatoms. The zero-order valence-electron chi connectivity index (χ0n) is 11.2. The molecule has 1 unspecified atom stereocenters. The Labute approximate surface area is 113 Å². The maximum Gasteiger partial charge on any atom is 0.225 e. The Morgan fingerprint density at radius 1 is 1.21 bits per heavy atom. The van der Waals surface area contributed by atoms with Crippen LogP contribution in [0.4, 0.5) is 4.39 Å². The molecule has 1 saturated carbocycles. The van der Waals surface area contributed by atoms with Crippen LogP contribution in [0.3, 0.4) is 0 Å². The summed E-state index contributed by atoms with van der Waals surface area (Å²) >= 11 is 0. The fraction of sp³-hybridized carbons (Fsp3) is 0.533. The van der Waals surface area contributed by atoms with Crippen molar-refractivity contribution in [3.8, 4) is 0 Å².